The average molecular weight is 508 g/mol. The van der Waals surface area contributed by atoms with Gasteiger partial charge in [-0.25, -0.2) is 13.2 Å². The SMILES string of the molecule is COC(=O)C(CO)N(Cc1ccccc1NC(=O)N1CCOCC1)S(=O)(=O)c1ccc(OC)cc1. The molecule has 1 heterocycles. The summed E-state index contributed by atoms with van der Waals surface area (Å²) < 4.78 is 43.2. The van der Waals surface area contributed by atoms with Crippen molar-refractivity contribution < 1.29 is 37.3 Å². The van der Waals surface area contributed by atoms with Crippen LogP contribution in [0.15, 0.2) is 53.4 Å². The molecule has 0 saturated carbocycles. The topological polar surface area (TPSA) is 135 Å². The molecule has 0 bridgehead atoms. The van der Waals surface area contributed by atoms with Crippen LogP contribution in [0.5, 0.6) is 5.75 Å². The van der Waals surface area contributed by atoms with Gasteiger partial charge in [-0.3, -0.25) is 4.79 Å². The van der Waals surface area contributed by atoms with Crippen LogP contribution in [0, 0.1) is 0 Å². The first-order valence-electron chi connectivity index (χ1n) is 10.9. The molecule has 12 heteroatoms. The second-order valence-electron chi connectivity index (χ2n) is 7.63. The second-order valence-corrected chi connectivity index (χ2v) is 9.52. The molecule has 1 fully saturated rings. The highest BCUT2D eigenvalue weighted by Crippen LogP contribution is 2.26. The molecule has 3 rings (SSSR count). The number of aliphatic hydroxyl groups is 1. The van der Waals surface area contributed by atoms with Gasteiger partial charge < -0.3 is 29.5 Å². The lowest BCUT2D eigenvalue weighted by atomic mass is 10.1. The highest BCUT2D eigenvalue weighted by Gasteiger charge is 2.37. The van der Waals surface area contributed by atoms with E-state index in [0.717, 1.165) is 11.4 Å². The predicted molar refractivity (Wildman–Crippen MR) is 126 cm³/mol. The Morgan fingerprint density at radius 3 is 2.37 bits per heavy atom. The maximum atomic E-state index is 13.6. The molecule has 1 aliphatic heterocycles. The van der Waals surface area contributed by atoms with Gasteiger partial charge in [-0.2, -0.15) is 4.31 Å². The lowest BCUT2D eigenvalue weighted by Gasteiger charge is -2.30. The summed E-state index contributed by atoms with van der Waals surface area (Å²) >= 11 is 0. The van der Waals surface area contributed by atoms with Crippen LogP contribution in [-0.4, -0.2) is 87.9 Å². The smallest absolute Gasteiger partial charge is 0.326 e. The van der Waals surface area contributed by atoms with Crippen molar-refractivity contribution >= 4 is 27.7 Å². The third-order valence-electron chi connectivity index (χ3n) is 5.54. The van der Waals surface area contributed by atoms with E-state index in [1.165, 1.54) is 31.4 Å². The third kappa shape index (κ3) is 6.28. The number of sulfonamides is 1. The standard InChI is InChI=1S/C23H29N3O8S/c1-32-18-7-9-19(10-8-18)35(30,31)26(21(16-27)22(28)33-2)15-17-5-3-4-6-20(17)24-23(29)25-11-13-34-14-12-25/h3-10,21,27H,11-16H2,1-2H3,(H,24,29). The molecule has 2 aromatic carbocycles. The Kier molecular flexibility index (Phi) is 9.04. The van der Waals surface area contributed by atoms with Gasteiger partial charge in [0.1, 0.15) is 11.8 Å². The van der Waals surface area contributed by atoms with Gasteiger partial charge in [0, 0.05) is 25.3 Å². The second kappa shape index (κ2) is 12.0. The highest BCUT2D eigenvalue weighted by atomic mass is 32.2. The number of rotatable bonds is 9. The molecule has 1 saturated heterocycles. The number of carbonyl (C=O) groups excluding carboxylic acids is 2. The lowest BCUT2D eigenvalue weighted by Crippen LogP contribution is -2.47. The number of carbonyl (C=O) groups is 2. The molecule has 0 aliphatic carbocycles. The average Bonchev–Trinajstić information content (AvgIpc) is 2.89. The summed E-state index contributed by atoms with van der Waals surface area (Å²) in [5, 5.41) is 12.7. The number of amides is 2. The quantitative estimate of drug-likeness (QED) is 0.485. The first kappa shape index (κ1) is 26.4. The Bertz CT molecular complexity index is 1120. The number of ether oxygens (including phenoxy) is 3. The summed E-state index contributed by atoms with van der Waals surface area (Å²) in [6.45, 7) is 0.612. The molecule has 11 nitrogen and oxygen atoms in total. The Labute approximate surface area is 204 Å². The Morgan fingerprint density at radius 2 is 1.77 bits per heavy atom. The minimum Gasteiger partial charge on any atom is -0.497 e. The van der Waals surface area contributed by atoms with Crippen LogP contribution in [0.1, 0.15) is 5.56 Å². The van der Waals surface area contributed by atoms with Gasteiger partial charge in [-0.05, 0) is 35.9 Å². The van der Waals surface area contributed by atoms with Gasteiger partial charge in [-0.1, -0.05) is 18.2 Å². The molecular weight excluding hydrogens is 478 g/mol. The van der Waals surface area contributed by atoms with Crippen LogP contribution in [0.25, 0.3) is 0 Å². The maximum absolute atomic E-state index is 13.6. The van der Waals surface area contributed by atoms with Crippen molar-refractivity contribution in [2.75, 3.05) is 52.4 Å². The van der Waals surface area contributed by atoms with Crippen LogP contribution in [-0.2, 0) is 30.8 Å². The van der Waals surface area contributed by atoms with Crippen LogP contribution in [0.4, 0.5) is 10.5 Å². The first-order valence-corrected chi connectivity index (χ1v) is 12.3. The summed E-state index contributed by atoms with van der Waals surface area (Å²) in [5.74, 6) is -0.460. The summed E-state index contributed by atoms with van der Waals surface area (Å²) in [7, 11) is -1.71. The van der Waals surface area contributed by atoms with Crippen molar-refractivity contribution in [1.82, 2.24) is 9.21 Å². The molecule has 0 spiro atoms. The molecule has 0 aromatic heterocycles. The van der Waals surface area contributed by atoms with Gasteiger partial charge in [0.05, 0.1) is 38.9 Å². The van der Waals surface area contributed by atoms with Gasteiger partial charge in [0.25, 0.3) is 0 Å². The number of aliphatic hydroxyl groups excluding tert-OH is 1. The summed E-state index contributed by atoms with van der Waals surface area (Å²) in [6, 6.07) is 10.5. The van der Waals surface area contributed by atoms with Crippen molar-refractivity contribution in [2.45, 2.75) is 17.5 Å². The fourth-order valence-electron chi connectivity index (χ4n) is 3.57. The Morgan fingerprint density at radius 1 is 1.11 bits per heavy atom. The van der Waals surface area contributed by atoms with Crippen molar-refractivity contribution in [3.05, 3.63) is 54.1 Å². The molecule has 190 valence electrons. The van der Waals surface area contributed by atoms with E-state index in [1.807, 2.05) is 0 Å². The molecule has 2 N–H and O–H groups in total. The normalized spacial score (nSPS) is 14.9. The predicted octanol–water partition coefficient (Wildman–Crippen LogP) is 1.28. The van der Waals surface area contributed by atoms with Crippen molar-refractivity contribution in [3.8, 4) is 5.75 Å². The fraction of sp³-hybridized carbons (Fsp3) is 0.391. The molecule has 0 radical (unpaired) electrons. The number of para-hydroxylation sites is 1. The van der Waals surface area contributed by atoms with E-state index in [0.29, 0.717) is 43.3 Å². The summed E-state index contributed by atoms with van der Waals surface area (Å²) in [4.78, 5) is 26.6. The number of nitrogens with zero attached hydrogens (tertiary/aromatic N) is 2. The number of hydrogen-bond acceptors (Lipinski definition) is 8. The number of nitrogens with one attached hydrogen (secondary N) is 1. The fourth-order valence-corrected chi connectivity index (χ4v) is 5.12. The van der Waals surface area contributed by atoms with Crippen LogP contribution in [0.3, 0.4) is 0 Å². The van der Waals surface area contributed by atoms with E-state index in [9.17, 15) is 23.1 Å². The highest BCUT2D eigenvalue weighted by molar-refractivity contribution is 7.89. The molecule has 1 aliphatic rings. The van der Waals surface area contributed by atoms with E-state index < -0.39 is 28.6 Å². The number of methoxy groups -OCH3 is 2. The van der Waals surface area contributed by atoms with Gasteiger partial charge in [0.2, 0.25) is 10.0 Å². The third-order valence-corrected chi connectivity index (χ3v) is 7.41. The monoisotopic (exact) mass is 507 g/mol. The van der Waals surface area contributed by atoms with Crippen molar-refractivity contribution in [2.24, 2.45) is 0 Å². The van der Waals surface area contributed by atoms with E-state index in [2.05, 4.69) is 5.32 Å². The number of hydrogen-bond donors (Lipinski definition) is 2. The number of esters is 1. The molecule has 2 aromatic rings. The number of benzene rings is 2. The summed E-state index contributed by atoms with van der Waals surface area (Å²) in [6.07, 6.45) is 0. The van der Waals surface area contributed by atoms with E-state index in [1.54, 1.807) is 29.2 Å². The molecule has 35 heavy (non-hydrogen) atoms. The number of anilines is 1. The van der Waals surface area contributed by atoms with Crippen LogP contribution >= 0.6 is 0 Å². The zero-order valence-corrected chi connectivity index (χ0v) is 20.4. The van der Waals surface area contributed by atoms with Crippen molar-refractivity contribution in [1.29, 1.82) is 0 Å². The molecular formula is C23H29N3O8S. The first-order chi connectivity index (χ1) is 16.8. The Hall–Kier alpha value is -3.19. The maximum Gasteiger partial charge on any atom is 0.326 e. The number of urea groups is 1. The van der Waals surface area contributed by atoms with Gasteiger partial charge >= 0.3 is 12.0 Å². The van der Waals surface area contributed by atoms with E-state index >= 15 is 0 Å². The van der Waals surface area contributed by atoms with Crippen molar-refractivity contribution in [3.63, 3.8) is 0 Å². The van der Waals surface area contributed by atoms with E-state index in [4.69, 9.17) is 14.2 Å². The minimum absolute atomic E-state index is 0.101. The largest absolute Gasteiger partial charge is 0.497 e. The molecule has 1 atom stereocenters. The molecule has 1 unspecified atom stereocenters. The number of morpholine rings is 1. The molecule has 2 amide bonds. The van der Waals surface area contributed by atoms with Gasteiger partial charge in [0.15, 0.2) is 0 Å². The van der Waals surface area contributed by atoms with Crippen LogP contribution < -0.4 is 10.1 Å². The van der Waals surface area contributed by atoms with Crippen LogP contribution in [0.2, 0.25) is 0 Å². The van der Waals surface area contributed by atoms with E-state index in [-0.39, 0.29) is 17.5 Å². The lowest BCUT2D eigenvalue weighted by molar-refractivity contribution is -0.146. The zero-order chi connectivity index (χ0) is 25.4. The zero-order valence-electron chi connectivity index (χ0n) is 19.5. The summed E-state index contributed by atoms with van der Waals surface area (Å²) in [5.41, 5.74) is 0.800. The minimum atomic E-state index is -4.28. The Balaban J connectivity index is 1.96. The van der Waals surface area contributed by atoms with Gasteiger partial charge in [-0.15, -0.1) is 0 Å².